The number of rotatable bonds is 4. The van der Waals surface area contributed by atoms with Crippen LogP contribution in [0.5, 0.6) is 0 Å². The summed E-state index contributed by atoms with van der Waals surface area (Å²) in [4.78, 5) is 33.4. The zero-order valence-electron chi connectivity index (χ0n) is 18.9. The Bertz CT molecular complexity index is 1310. The maximum Gasteiger partial charge on any atom is 0.265 e. The second-order valence-electron chi connectivity index (χ2n) is 8.34. The van der Waals surface area contributed by atoms with Crippen LogP contribution in [0.1, 0.15) is 5.56 Å². The number of anilines is 2. The summed E-state index contributed by atoms with van der Waals surface area (Å²) in [7, 11) is 0. The Morgan fingerprint density at radius 1 is 0.971 bits per heavy atom. The molecule has 1 fully saturated rings. The molecule has 0 atom stereocenters. The standard InChI is InChI=1S/C27H23ClFN3O2S/c28-20-7-5-8-21(17-20)30-12-14-31(15-13-30)26(33)18-32-23-10-3-4-11-24(23)35-25(27(32)34)16-19-6-1-2-9-22(19)29/h1-11,16-17H,12-15,18H2/b25-16-. The van der Waals surface area contributed by atoms with Gasteiger partial charge in [-0.3, -0.25) is 14.5 Å². The second kappa shape index (κ2) is 10.1. The Morgan fingerprint density at radius 2 is 1.71 bits per heavy atom. The van der Waals surface area contributed by atoms with Crippen molar-refractivity contribution in [3.63, 3.8) is 0 Å². The van der Waals surface area contributed by atoms with Crippen LogP contribution in [0.2, 0.25) is 5.02 Å². The van der Waals surface area contributed by atoms with Gasteiger partial charge in [-0.2, -0.15) is 0 Å². The Morgan fingerprint density at radius 3 is 2.49 bits per heavy atom. The summed E-state index contributed by atoms with van der Waals surface area (Å²) < 4.78 is 14.2. The highest BCUT2D eigenvalue weighted by atomic mass is 35.5. The van der Waals surface area contributed by atoms with Crippen molar-refractivity contribution >= 4 is 52.6 Å². The van der Waals surface area contributed by atoms with E-state index in [4.69, 9.17) is 11.6 Å². The Hall–Kier alpha value is -3.29. The fourth-order valence-electron chi connectivity index (χ4n) is 4.27. The molecule has 5 nitrogen and oxygen atoms in total. The van der Waals surface area contributed by atoms with Gasteiger partial charge in [0.1, 0.15) is 12.4 Å². The lowest BCUT2D eigenvalue weighted by Crippen LogP contribution is -2.52. The number of carbonyl (C=O) groups is 2. The third kappa shape index (κ3) is 5.06. The number of thioether (sulfide) groups is 1. The average molecular weight is 508 g/mol. The van der Waals surface area contributed by atoms with Crippen LogP contribution in [-0.4, -0.2) is 49.4 Å². The molecule has 0 N–H and O–H groups in total. The zero-order chi connectivity index (χ0) is 24.4. The molecule has 2 amide bonds. The normalized spacial score (nSPS) is 17.0. The molecule has 0 bridgehead atoms. The van der Waals surface area contributed by atoms with Gasteiger partial charge in [-0.25, -0.2) is 4.39 Å². The van der Waals surface area contributed by atoms with Crippen molar-refractivity contribution in [3.8, 4) is 0 Å². The first-order valence-electron chi connectivity index (χ1n) is 11.3. The number of para-hydroxylation sites is 1. The molecule has 5 rings (SSSR count). The lowest BCUT2D eigenvalue weighted by Gasteiger charge is -2.37. The molecule has 3 aromatic rings. The molecular formula is C27H23ClFN3O2S. The van der Waals surface area contributed by atoms with Crippen LogP contribution >= 0.6 is 23.4 Å². The van der Waals surface area contributed by atoms with Gasteiger partial charge in [-0.1, -0.05) is 59.8 Å². The van der Waals surface area contributed by atoms with Crippen molar-refractivity contribution in [3.05, 3.63) is 94.1 Å². The van der Waals surface area contributed by atoms with Crippen LogP contribution in [0, 0.1) is 5.82 Å². The quantitative estimate of drug-likeness (QED) is 0.449. The Balaban J connectivity index is 1.33. The third-order valence-electron chi connectivity index (χ3n) is 6.12. The lowest BCUT2D eigenvalue weighted by molar-refractivity contribution is -0.131. The molecule has 0 saturated carbocycles. The summed E-state index contributed by atoms with van der Waals surface area (Å²) in [6.07, 6.45) is 1.56. The smallest absolute Gasteiger partial charge is 0.265 e. The molecule has 0 spiro atoms. The maximum absolute atomic E-state index is 14.2. The van der Waals surface area contributed by atoms with Crippen LogP contribution in [0.3, 0.4) is 0 Å². The molecule has 2 aliphatic rings. The third-order valence-corrected chi connectivity index (χ3v) is 7.44. The van der Waals surface area contributed by atoms with Crippen molar-refractivity contribution in [2.75, 3.05) is 42.5 Å². The van der Waals surface area contributed by atoms with Crippen LogP contribution in [-0.2, 0) is 9.59 Å². The summed E-state index contributed by atoms with van der Waals surface area (Å²) in [5, 5.41) is 0.681. The number of benzene rings is 3. The molecular weight excluding hydrogens is 485 g/mol. The van der Waals surface area contributed by atoms with Crippen LogP contribution in [0.15, 0.2) is 82.6 Å². The van der Waals surface area contributed by atoms with E-state index < -0.39 is 5.82 Å². The van der Waals surface area contributed by atoms with Gasteiger partial charge < -0.3 is 9.80 Å². The number of amides is 2. The molecule has 178 valence electrons. The van der Waals surface area contributed by atoms with Gasteiger partial charge in [0.15, 0.2) is 0 Å². The van der Waals surface area contributed by atoms with E-state index in [2.05, 4.69) is 4.90 Å². The number of hydrogen-bond acceptors (Lipinski definition) is 4. The lowest BCUT2D eigenvalue weighted by atomic mass is 10.2. The molecule has 8 heteroatoms. The van der Waals surface area contributed by atoms with Crippen LogP contribution in [0.25, 0.3) is 6.08 Å². The minimum Gasteiger partial charge on any atom is -0.368 e. The van der Waals surface area contributed by atoms with Gasteiger partial charge in [0.05, 0.1) is 10.6 Å². The first-order chi connectivity index (χ1) is 17.0. The van der Waals surface area contributed by atoms with Crippen molar-refractivity contribution in [1.29, 1.82) is 0 Å². The van der Waals surface area contributed by atoms with Crippen LogP contribution in [0.4, 0.5) is 15.8 Å². The zero-order valence-corrected chi connectivity index (χ0v) is 20.4. The number of hydrogen-bond donors (Lipinski definition) is 0. The highest BCUT2D eigenvalue weighted by Crippen LogP contribution is 2.42. The van der Waals surface area contributed by atoms with E-state index >= 15 is 0 Å². The Kier molecular flexibility index (Phi) is 6.79. The number of fused-ring (bicyclic) bond motifs is 1. The number of halogens is 2. The van der Waals surface area contributed by atoms with Crippen molar-refractivity contribution in [2.24, 2.45) is 0 Å². The van der Waals surface area contributed by atoms with Crippen molar-refractivity contribution in [2.45, 2.75) is 4.90 Å². The molecule has 0 radical (unpaired) electrons. The largest absolute Gasteiger partial charge is 0.368 e. The molecule has 0 aromatic heterocycles. The number of piperazine rings is 1. The molecule has 1 saturated heterocycles. The summed E-state index contributed by atoms with van der Waals surface area (Å²) >= 11 is 7.42. The molecule has 2 heterocycles. The van der Waals surface area contributed by atoms with E-state index in [1.165, 1.54) is 22.7 Å². The monoisotopic (exact) mass is 507 g/mol. The van der Waals surface area contributed by atoms with Crippen molar-refractivity contribution < 1.29 is 14.0 Å². The molecule has 0 aliphatic carbocycles. The molecule has 0 unspecified atom stereocenters. The summed E-state index contributed by atoms with van der Waals surface area (Å²) in [6, 6.07) is 21.5. The van der Waals surface area contributed by atoms with Gasteiger partial charge in [-0.05, 0) is 42.5 Å². The summed E-state index contributed by atoms with van der Waals surface area (Å²) in [5.74, 6) is -0.814. The van der Waals surface area contributed by atoms with E-state index in [0.29, 0.717) is 47.4 Å². The van der Waals surface area contributed by atoms with E-state index in [-0.39, 0.29) is 18.4 Å². The number of carbonyl (C=O) groups excluding carboxylic acids is 2. The maximum atomic E-state index is 14.2. The van der Waals surface area contributed by atoms with Crippen LogP contribution < -0.4 is 9.80 Å². The highest BCUT2D eigenvalue weighted by Gasteiger charge is 2.32. The highest BCUT2D eigenvalue weighted by molar-refractivity contribution is 8.04. The van der Waals surface area contributed by atoms with Gasteiger partial charge in [0.25, 0.3) is 5.91 Å². The SMILES string of the molecule is O=C(CN1C(=O)/C(=C/c2ccccc2F)Sc2ccccc21)N1CCN(c2cccc(Cl)c2)CC1. The Labute approximate surface area is 212 Å². The van der Waals surface area contributed by atoms with Gasteiger partial charge in [0, 0.05) is 47.3 Å². The van der Waals surface area contributed by atoms with Gasteiger partial charge >= 0.3 is 0 Å². The molecule has 2 aliphatic heterocycles. The summed E-state index contributed by atoms with van der Waals surface area (Å²) in [6.45, 7) is 2.42. The topological polar surface area (TPSA) is 43.9 Å². The fourth-order valence-corrected chi connectivity index (χ4v) is 5.51. The minimum absolute atomic E-state index is 0.0673. The minimum atomic E-state index is -0.396. The van der Waals surface area contributed by atoms with E-state index in [9.17, 15) is 14.0 Å². The van der Waals surface area contributed by atoms with Gasteiger partial charge in [0.2, 0.25) is 5.91 Å². The van der Waals surface area contributed by atoms with Gasteiger partial charge in [-0.15, -0.1) is 0 Å². The summed E-state index contributed by atoms with van der Waals surface area (Å²) in [5.41, 5.74) is 2.06. The van der Waals surface area contributed by atoms with E-state index in [1.807, 2.05) is 48.5 Å². The number of nitrogens with zero attached hydrogens (tertiary/aromatic N) is 3. The predicted molar refractivity (Wildman–Crippen MR) is 139 cm³/mol. The fraction of sp³-hybridized carbons (Fsp3) is 0.185. The van der Waals surface area contributed by atoms with E-state index in [0.717, 1.165) is 10.6 Å². The molecule has 3 aromatic carbocycles. The second-order valence-corrected chi connectivity index (χ2v) is 9.86. The first kappa shape index (κ1) is 23.5. The first-order valence-corrected chi connectivity index (χ1v) is 12.5. The van der Waals surface area contributed by atoms with E-state index in [1.54, 1.807) is 29.2 Å². The van der Waals surface area contributed by atoms with Crippen molar-refractivity contribution in [1.82, 2.24) is 4.90 Å². The predicted octanol–water partition coefficient (Wildman–Crippen LogP) is 5.31. The molecule has 35 heavy (non-hydrogen) atoms. The average Bonchev–Trinajstić information content (AvgIpc) is 2.88.